The minimum Gasteiger partial charge on any atom is -0.478 e. The number of halogens is 1. The van der Waals surface area contributed by atoms with Crippen molar-refractivity contribution in [2.24, 2.45) is 5.92 Å². The first-order valence-electron chi connectivity index (χ1n) is 8.26. The number of carboxylic acid groups (broad SMARTS) is 1. The van der Waals surface area contributed by atoms with E-state index in [9.17, 15) is 14.0 Å². The van der Waals surface area contributed by atoms with Gasteiger partial charge in [0.15, 0.2) is 5.82 Å². The Morgan fingerprint density at radius 1 is 1.31 bits per heavy atom. The number of rotatable bonds is 5. The molecule has 2 aromatic rings. The summed E-state index contributed by atoms with van der Waals surface area (Å²) >= 11 is 0. The number of nitriles is 1. The lowest BCUT2D eigenvalue weighted by Gasteiger charge is -2.24. The third-order valence-corrected chi connectivity index (χ3v) is 4.48. The van der Waals surface area contributed by atoms with Crippen LogP contribution in [0, 0.1) is 30.0 Å². The molecule has 0 saturated heterocycles. The van der Waals surface area contributed by atoms with Crippen LogP contribution < -0.4 is 4.90 Å². The van der Waals surface area contributed by atoms with E-state index >= 15 is 0 Å². The average molecular weight is 352 g/mol. The van der Waals surface area contributed by atoms with Gasteiger partial charge in [-0.3, -0.25) is 4.79 Å². The largest absolute Gasteiger partial charge is 0.478 e. The highest BCUT2D eigenvalue weighted by Crippen LogP contribution is 2.33. The van der Waals surface area contributed by atoms with Gasteiger partial charge < -0.3 is 10.0 Å². The van der Waals surface area contributed by atoms with Crippen LogP contribution in [0.2, 0.25) is 0 Å². The maximum atomic E-state index is 14.7. The topological polar surface area (TPSA) is 81.4 Å². The Bertz CT molecular complexity index is 929. The molecule has 0 unspecified atom stereocenters. The van der Waals surface area contributed by atoms with Crippen LogP contribution in [-0.4, -0.2) is 23.5 Å². The van der Waals surface area contributed by atoms with Gasteiger partial charge in [0.05, 0.1) is 22.9 Å². The van der Waals surface area contributed by atoms with E-state index in [1.54, 1.807) is 19.1 Å². The molecular weight excluding hydrogens is 335 g/mol. The summed E-state index contributed by atoms with van der Waals surface area (Å²) in [6.07, 6.45) is 1.91. The van der Waals surface area contributed by atoms with Crippen LogP contribution in [-0.2, 0) is 0 Å². The van der Waals surface area contributed by atoms with Crippen LogP contribution in [0.15, 0.2) is 36.4 Å². The van der Waals surface area contributed by atoms with Gasteiger partial charge in [-0.05, 0) is 61.6 Å². The monoisotopic (exact) mass is 352 g/mol. The van der Waals surface area contributed by atoms with Crippen LogP contribution in [0.3, 0.4) is 0 Å². The maximum absolute atomic E-state index is 14.7. The molecule has 1 N–H and O–H groups in total. The Balaban J connectivity index is 2.03. The number of benzene rings is 2. The van der Waals surface area contributed by atoms with Crippen molar-refractivity contribution in [2.45, 2.75) is 19.8 Å². The minimum atomic E-state index is -1.38. The summed E-state index contributed by atoms with van der Waals surface area (Å²) in [5, 5.41) is 18.2. The molecule has 3 rings (SSSR count). The number of carboxylic acids is 1. The van der Waals surface area contributed by atoms with E-state index in [1.165, 1.54) is 29.2 Å². The van der Waals surface area contributed by atoms with Crippen molar-refractivity contribution in [3.63, 3.8) is 0 Å². The van der Waals surface area contributed by atoms with Gasteiger partial charge in [-0.25, -0.2) is 9.18 Å². The lowest BCUT2D eigenvalue weighted by Crippen LogP contribution is -2.34. The summed E-state index contributed by atoms with van der Waals surface area (Å²) in [5.74, 6) is -2.42. The van der Waals surface area contributed by atoms with Gasteiger partial charge in [-0.2, -0.15) is 5.26 Å². The van der Waals surface area contributed by atoms with Gasteiger partial charge in [-0.1, -0.05) is 6.07 Å². The fourth-order valence-electron chi connectivity index (χ4n) is 2.82. The molecule has 1 amide bonds. The van der Waals surface area contributed by atoms with Crippen molar-refractivity contribution in [3.05, 3.63) is 64.5 Å². The van der Waals surface area contributed by atoms with E-state index in [0.717, 1.165) is 12.8 Å². The Labute approximate surface area is 150 Å². The summed E-state index contributed by atoms with van der Waals surface area (Å²) in [7, 11) is 0. The first-order valence-corrected chi connectivity index (χ1v) is 8.26. The van der Waals surface area contributed by atoms with E-state index in [0.29, 0.717) is 23.2 Å². The molecule has 0 spiro atoms. The van der Waals surface area contributed by atoms with Crippen molar-refractivity contribution in [3.8, 4) is 6.07 Å². The smallest absolute Gasteiger partial charge is 0.338 e. The fraction of sp³-hybridized carbons (Fsp3) is 0.250. The fourth-order valence-corrected chi connectivity index (χ4v) is 2.82. The van der Waals surface area contributed by atoms with Gasteiger partial charge in [0.25, 0.3) is 5.91 Å². The molecule has 1 fully saturated rings. The lowest BCUT2D eigenvalue weighted by molar-refractivity contribution is 0.0691. The van der Waals surface area contributed by atoms with Crippen LogP contribution in [0.4, 0.5) is 10.1 Å². The summed E-state index contributed by atoms with van der Waals surface area (Å²) in [6, 6.07) is 10.8. The Hall–Kier alpha value is -3.20. The molecule has 0 aromatic heterocycles. The van der Waals surface area contributed by atoms with Crippen molar-refractivity contribution in [1.29, 1.82) is 5.26 Å². The molecule has 0 bridgehead atoms. The van der Waals surface area contributed by atoms with E-state index in [1.807, 2.05) is 6.07 Å². The number of hydrogen-bond acceptors (Lipinski definition) is 3. The number of aromatic carboxylic acids is 1. The van der Waals surface area contributed by atoms with Crippen LogP contribution in [0.25, 0.3) is 0 Å². The zero-order valence-corrected chi connectivity index (χ0v) is 14.2. The zero-order chi connectivity index (χ0) is 18.8. The second-order valence-electron chi connectivity index (χ2n) is 6.44. The lowest BCUT2D eigenvalue weighted by atomic mass is 10.0. The molecule has 132 valence electrons. The third kappa shape index (κ3) is 3.42. The van der Waals surface area contributed by atoms with Crippen molar-refractivity contribution in [2.75, 3.05) is 11.4 Å². The van der Waals surface area contributed by atoms with Gasteiger partial charge in [0.1, 0.15) is 0 Å². The normalized spacial score (nSPS) is 13.1. The highest BCUT2D eigenvalue weighted by molar-refractivity contribution is 6.07. The summed E-state index contributed by atoms with van der Waals surface area (Å²) in [6.45, 7) is 2.06. The molecule has 6 heteroatoms. The molecule has 0 atom stereocenters. The summed E-state index contributed by atoms with van der Waals surface area (Å²) < 4.78 is 14.7. The number of carbonyl (C=O) groups excluding carboxylic acids is 1. The molecule has 1 aliphatic carbocycles. The predicted molar refractivity (Wildman–Crippen MR) is 93.7 cm³/mol. The van der Waals surface area contributed by atoms with Gasteiger partial charge >= 0.3 is 5.97 Å². The number of carbonyl (C=O) groups is 2. The Kier molecular flexibility index (Phi) is 4.72. The molecule has 0 radical (unpaired) electrons. The quantitative estimate of drug-likeness (QED) is 0.888. The van der Waals surface area contributed by atoms with Gasteiger partial charge in [0.2, 0.25) is 0 Å². The molecule has 1 aliphatic rings. The molecular formula is C20H17FN2O3. The summed E-state index contributed by atoms with van der Waals surface area (Å²) in [4.78, 5) is 25.5. The Morgan fingerprint density at radius 2 is 2.04 bits per heavy atom. The van der Waals surface area contributed by atoms with E-state index < -0.39 is 23.3 Å². The van der Waals surface area contributed by atoms with Crippen LogP contribution in [0.1, 0.15) is 44.7 Å². The zero-order valence-electron chi connectivity index (χ0n) is 14.2. The number of nitrogens with zero attached hydrogens (tertiary/aromatic N) is 2. The molecule has 1 saturated carbocycles. The molecule has 26 heavy (non-hydrogen) atoms. The molecule has 5 nitrogen and oxygen atoms in total. The van der Waals surface area contributed by atoms with Gasteiger partial charge in [-0.15, -0.1) is 0 Å². The second kappa shape index (κ2) is 6.96. The standard InChI is InChI=1S/C20H17FN2O3/c1-12-9-14(7-8-15(12)10-22)19(24)23(11-13-5-6-13)17-4-2-3-16(18(17)21)20(25)26/h2-4,7-9,13H,5-6,11H2,1H3,(H,25,26). The predicted octanol–water partition coefficient (Wildman–Crippen LogP) is 3.76. The van der Waals surface area contributed by atoms with E-state index in [2.05, 4.69) is 0 Å². The number of hydrogen-bond donors (Lipinski definition) is 1. The van der Waals surface area contributed by atoms with Crippen molar-refractivity contribution >= 4 is 17.6 Å². The van der Waals surface area contributed by atoms with E-state index in [4.69, 9.17) is 10.4 Å². The number of aryl methyl sites for hydroxylation is 1. The molecule has 0 aliphatic heterocycles. The van der Waals surface area contributed by atoms with Gasteiger partial charge in [0, 0.05) is 12.1 Å². The third-order valence-electron chi connectivity index (χ3n) is 4.48. The van der Waals surface area contributed by atoms with E-state index in [-0.39, 0.29) is 11.6 Å². The van der Waals surface area contributed by atoms with Crippen LogP contribution >= 0.6 is 0 Å². The number of amides is 1. The van der Waals surface area contributed by atoms with Crippen molar-refractivity contribution < 1.29 is 19.1 Å². The second-order valence-corrected chi connectivity index (χ2v) is 6.44. The first kappa shape index (κ1) is 17.6. The Morgan fingerprint density at radius 3 is 2.62 bits per heavy atom. The summed E-state index contributed by atoms with van der Waals surface area (Å²) in [5.41, 5.74) is 0.956. The van der Waals surface area contributed by atoms with Crippen molar-refractivity contribution in [1.82, 2.24) is 0 Å². The first-order chi connectivity index (χ1) is 12.4. The highest BCUT2D eigenvalue weighted by atomic mass is 19.1. The minimum absolute atomic E-state index is 0.0381. The molecule has 2 aromatic carbocycles. The molecule has 0 heterocycles. The SMILES string of the molecule is Cc1cc(C(=O)N(CC2CC2)c2cccc(C(=O)O)c2F)ccc1C#N. The average Bonchev–Trinajstić information content (AvgIpc) is 3.43. The highest BCUT2D eigenvalue weighted by Gasteiger charge is 2.31. The van der Waals surface area contributed by atoms with Crippen LogP contribution in [0.5, 0.6) is 0 Å². The maximum Gasteiger partial charge on any atom is 0.338 e. The number of anilines is 1.